The molecule has 0 atom stereocenters. The second kappa shape index (κ2) is 4.45. The van der Waals surface area contributed by atoms with Crippen molar-refractivity contribution in [3.05, 3.63) is 53.6 Å². The maximum absolute atomic E-state index is 13.4. The van der Waals surface area contributed by atoms with E-state index in [9.17, 15) is 9.30 Å². The van der Waals surface area contributed by atoms with Crippen LogP contribution in [0.1, 0.15) is 0 Å². The zero-order valence-electron chi connectivity index (χ0n) is 11.6. The quantitative estimate of drug-likeness (QED) is 0.532. The van der Waals surface area contributed by atoms with E-state index in [1.807, 2.05) is 29.8 Å². The monoisotopic (exact) mass is 295 g/mol. The number of pyridine rings is 1. The van der Waals surface area contributed by atoms with Gasteiger partial charge >= 0.3 is 0 Å². The van der Waals surface area contributed by atoms with Gasteiger partial charge < -0.3 is 4.57 Å². The number of fused-ring (bicyclic) bond motifs is 2. The van der Waals surface area contributed by atoms with Crippen LogP contribution in [-0.4, -0.2) is 18.9 Å². The van der Waals surface area contributed by atoms with Crippen LogP contribution >= 0.6 is 0 Å². The Bertz CT molecular complexity index is 1030. The number of halogens is 1. The zero-order chi connectivity index (χ0) is 15.3. The van der Waals surface area contributed by atoms with Gasteiger partial charge in [-0.15, -0.1) is 4.91 Å². The Kier molecular flexibility index (Phi) is 2.56. The first kappa shape index (κ1) is 12.6. The Morgan fingerprint density at radius 2 is 2.09 bits per heavy atom. The van der Waals surface area contributed by atoms with Crippen LogP contribution < -0.4 is 0 Å². The molecule has 3 heterocycles. The first-order chi connectivity index (χ1) is 10.7. The number of hydrogen-bond donors (Lipinski definition) is 0. The lowest BCUT2D eigenvalue weighted by Crippen LogP contribution is -1.85. The minimum Gasteiger partial charge on any atom is -0.334 e. The van der Waals surface area contributed by atoms with Gasteiger partial charge in [-0.2, -0.15) is 0 Å². The Balaban J connectivity index is 2.00. The van der Waals surface area contributed by atoms with Crippen LogP contribution in [0.3, 0.4) is 0 Å². The van der Waals surface area contributed by atoms with Crippen LogP contribution in [0.15, 0.2) is 48.0 Å². The van der Waals surface area contributed by atoms with E-state index in [2.05, 4.69) is 15.1 Å². The standard InChI is InChI=1S/C15H10FN5O/c1-20-8-17-11-6-9(2-4-12(11)20)14-15(19-22)21-7-10(16)3-5-13(21)18-14/h2-8H,1H3. The molecular formula is C15H10FN5O. The Morgan fingerprint density at radius 3 is 2.91 bits per heavy atom. The van der Waals surface area contributed by atoms with Crippen molar-refractivity contribution in [3.8, 4) is 11.3 Å². The van der Waals surface area contributed by atoms with Gasteiger partial charge in [0, 0.05) is 18.8 Å². The molecule has 0 unspecified atom stereocenters. The highest BCUT2D eigenvalue weighted by Crippen LogP contribution is 2.32. The van der Waals surface area contributed by atoms with Crippen LogP contribution in [0.5, 0.6) is 0 Å². The van der Waals surface area contributed by atoms with Crippen molar-refractivity contribution < 1.29 is 4.39 Å². The van der Waals surface area contributed by atoms with E-state index < -0.39 is 5.82 Å². The molecule has 0 radical (unpaired) electrons. The van der Waals surface area contributed by atoms with Gasteiger partial charge in [-0.25, -0.2) is 14.4 Å². The van der Waals surface area contributed by atoms with Gasteiger partial charge in [0.05, 0.1) is 17.4 Å². The zero-order valence-corrected chi connectivity index (χ0v) is 11.6. The number of benzene rings is 1. The smallest absolute Gasteiger partial charge is 0.209 e. The Morgan fingerprint density at radius 1 is 1.23 bits per heavy atom. The molecule has 0 saturated carbocycles. The third-order valence-corrected chi connectivity index (χ3v) is 3.64. The van der Waals surface area contributed by atoms with Crippen LogP contribution in [0.4, 0.5) is 10.2 Å². The fraction of sp³-hybridized carbons (Fsp3) is 0.0667. The Labute approximate surface area is 123 Å². The van der Waals surface area contributed by atoms with Crippen LogP contribution in [0, 0.1) is 10.7 Å². The SMILES string of the molecule is Cn1cnc2cc(-c3nc4ccc(F)cn4c3N=O)ccc21. The summed E-state index contributed by atoms with van der Waals surface area (Å²) in [4.78, 5) is 19.9. The predicted molar refractivity (Wildman–Crippen MR) is 80.3 cm³/mol. The number of imidazole rings is 2. The van der Waals surface area contributed by atoms with E-state index in [-0.39, 0.29) is 5.82 Å². The maximum atomic E-state index is 13.4. The van der Waals surface area contributed by atoms with Crippen molar-refractivity contribution in [3.63, 3.8) is 0 Å². The fourth-order valence-corrected chi connectivity index (χ4v) is 2.57. The number of nitroso groups, excluding NO2 is 1. The maximum Gasteiger partial charge on any atom is 0.209 e. The molecule has 108 valence electrons. The summed E-state index contributed by atoms with van der Waals surface area (Å²) in [7, 11) is 1.90. The predicted octanol–water partition coefficient (Wildman–Crippen LogP) is 3.43. The normalized spacial score (nSPS) is 11.4. The molecule has 6 nitrogen and oxygen atoms in total. The molecule has 0 N–H and O–H groups in total. The molecule has 0 aliphatic carbocycles. The molecule has 3 aromatic heterocycles. The summed E-state index contributed by atoms with van der Waals surface area (Å²) in [6.07, 6.45) is 2.91. The summed E-state index contributed by atoms with van der Waals surface area (Å²) < 4.78 is 16.6. The molecule has 1 aromatic carbocycles. The van der Waals surface area contributed by atoms with E-state index in [1.54, 1.807) is 6.33 Å². The number of nitrogens with zero attached hydrogens (tertiary/aromatic N) is 5. The van der Waals surface area contributed by atoms with Crippen molar-refractivity contribution in [1.29, 1.82) is 0 Å². The van der Waals surface area contributed by atoms with Gasteiger partial charge in [-0.05, 0) is 29.4 Å². The molecule has 0 fully saturated rings. The van der Waals surface area contributed by atoms with Gasteiger partial charge in [-0.3, -0.25) is 4.40 Å². The minimum absolute atomic E-state index is 0.0739. The highest BCUT2D eigenvalue weighted by molar-refractivity contribution is 5.84. The van der Waals surface area contributed by atoms with Gasteiger partial charge in [0.25, 0.3) is 0 Å². The summed E-state index contributed by atoms with van der Waals surface area (Å²) >= 11 is 0. The van der Waals surface area contributed by atoms with Crippen molar-refractivity contribution >= 4 is 22.5 Å². The molecule has 0 bridgehead atoms. The van der Waals surface area contributed by atoms with E-state index in [0.717, 1.165) is 11.0 Å². The summed E-state index contributed by atoms with van der Waals surface area (Å²) in [5, 5.41) is 3.02. The highest BCUT2D eigenvalue weighted by atomic mass is 19.1. The summed E-state index contributed by atoms with van der Waals surface area (Å²) in [6, 6.07) is 8.38. The van der Waals surface area contributed by atoms with E-state index >= 15 is 0 Å². The molecule has 0 amide bonds. The number of aryl methyl sites for hydroxylation is 1. The summed E-state index contributed by atoms with van der Waals surface area (Å²) in [5.41, 5.74) is 3.35. The first-order valence-corrected chi connectivity index (χ1v) is 6.60. The van der Waals surface area contributed by atoms with Gasteiger partial charge in [0.15, 0.2) is 0 Å². The van der Waals surface area contributed by atoms with E-state index in [4.69, 9.17) is 0 Å². The lowest BCUT2D eigenvalue weighted by molar-refractivity contribution is 0.619. The van der Waals surface area contributed by atoms with Gasteiger partial charge in [0.2, 0.25) is 5.82 Å². The van der Waals surface area contributed by atoms with Crippen molar-refractivity contribution in [2.45, 2.75) is 0 Å². The third-order valence-electron chi connectivity index (χ3n) is 3.64. The second-order valence-corrected chi connectivity index (χ2v) is 5.01. The fourth-order valence-electron chi connectivity index (χ4n) is 2.57. The average molecular weight is 295 g/mol. The molecule has 7 heteroatoms. The second-order valence-electron chi connectivity index (χ2n) is 5.01. The molecule has 0 saturated heterocycles. The topological polar surface area (TPSA) is 64.6 Å². The average Bonchev–Trinajstić information content (AvgIpc) is 3.07. The van der Waals surface area contributed by atoms with Crippen LogP contribution in [-0.2, 0) is 7.05 Å². The molecule has 4 rings (SSSR count). The van der Waals surface area contributed by atoms with E-state index in [0.29, 0.717) is 16.9 Å². The molecule has 4 aromatic rings. The molecule has 0 aliphatic rings. The number of hydrogen-bond acceptors (Lipinski definition) is 4. The number of aromatic nitrogens is 4. The highest BCUT2D eigenvalue weighted by Gasteiger charge is 2.16. The lowest BCUT2D eigenvalue weighted by atomic mass is 10.1. The summed E-state index contributed by atoms with van der Waals surface area (Å²) in [5.74, 6) is -0.383. The minimum atomic E-state index is -0.457. The molecule has 0 aliphatic heterocycles. The largest absolute Gasteiger partial charge is 0.334 e. The van der Waals surface area contributed by atoms with Crippen molar-refractivity contribution in [2.24, 2.45) is 12.2 Å². The number of rotatable bonds is 2. The summed E-state index contributed by atoms with van der Waals surface area (Å²) in [6.45, 7) is 0. The third kappa shape index (κ3) is 1.72. The van der Waals surface area contributed by atoms with E-state index in [1.165, 1.54) is 22.7 Å². The molecule has 22 heavy (non-hydrogen) atoms. The Hall–Kier alpha value is -3.09. The molecular weight excluding hydrogens is 285 g/mol. The lowest BCUT2D eigenvalue weighted by Gasteiger charge is -1.99. The van der Waals surface area contributed by atoms with Crippen molar-refractivity contribution in [1.82, 2.24) is 18.9 Å². The van der Waals surface area contributed by atoms with Gasteiger partial charge in [0.1, 0.15) is 17.2 Å². The molecule has 0 spiro atoms. The van der Waals surface area contributed by atoms with Gasteiger partial charge in [-0.1, -0.05) is 6.07 Å². The van der Waals surface area contributed by atoms with Crippen molar-refractivity contribution in [2.75, 3.05) is 0 Å². The van der Waals surface area contributed by atoms with Crippen LogP contribution in [0.25, 0.3) is 27.9 Å². The first-order valence-electron chi connectivity index (χ1n) is 6.60. The van der Waals surface area contributed by atoms with Crippen LogP contribution in [0.2, 0.25) is 0 Å².